The number of fused-ring (bicyclic) bond motifs is 1. The highest BCUT2D eigenvalue weighted by Crippen LogP contribution is 2.38. The molecule has 0 saturated carbocycles. The predicted octanol–water partition coefficient (Wildman–Crippen LogP) is 8.34. The summed E-state index contributed by atoms with van der Waals surface area (Å²) in [7, 11) is 0. The van der Waals surface area contributed by atoms with Gasteiger partial charge in [0.25, 0.3) is 0 Å². The number of nitriles is 1. The summed E-state index contributed by atoms with van der Waals surface area (Å²) in [6, 6.07) is 9.34. The summed E-state index contributed by atoms with van der Waals surface area (Å²) in [5.74, 6) is 1.57. The molecule has 2 heterocycles. The van der Waals surface area contributed by atoms with Gasteiger partial charge in [0.15, 0.2) is 0 Å². The fraction of sp³-hybridized carbons (Fsp3) is 0.516. The molecule has 182 valence electrons. The standard InChI is InChI=1S/C31H43N3/c1-8-22(5)24(7)19-27(23(6)9-2)31-30(21(3)4)28-20-26(11-12-29(28)33-31)25-13-17-34(18-14-25)16-10-15-32/h9,11-12,19-22,25,33H,2,8,10,13-14,16-18H2,1,3-7H3/b24-19-,27-23+. The number of hydrogen-bond acceptors (Lipinski definition) is 2. The van der Waals surface area contributed by atoms with Crippen LogP contribution in [0, 0.1) is 17.2 Å². The molecule has 1 saturated heterocycles. The Labute approximate surface area is 207 Å². The Hall–Kier alpha value is -2.57. The van der Waals surface area contributed by atoms with E-state index in [2.05, 4.69) is 88.3 Å². The van der Waals surface area contributed by atoms with Gasteiger partial charge < -0.3 is 9.88 Å². The number of aromatic nitrogens is 1. The molecule has 1 N–H and O–H groups in total. The van der Waals surface area contributed by atoms with E-state index in [4.69, 9.17) is 5.26 Å². The molecule has 2 aromatic rings. The molecule has 1 aliphatic heterocycles. The van der Waals surface area contributed by atoms with Crippen molar-refractivity contribution in [3.63, 3.8) is 0 Å². The normalized spacial score (nSPS) is 17.6. The lowest BCUT2D eigenvalue weighted by Crippen LogP contribution is -2.33. The van der Waals surface area contributed by atoms with Gasteiger partial charge in [-0.15, -0.1) is 0 Å². The van der Waals surface area contributed by atoms with Crippen molar-refractivity contribution in [2.24, 2.45) is 5.92 Å². The molecule has 0 aliphatic carbocycles. The van der Waals surface area contributed by atoms with Crippen LogP contribution in [-0.4, -0.2) is 29.5 Å². The molecule has 1 aliphatic rings. The summed E-state index contributed by atoms with van der Waals surface area (Å²) in [4.78, 5) is 6.23. The number of piperidine rings is 1. The van der Waals surface area contributed by atoms with Gasteiger partial charge in [0.05, 0.1) is 11.8 Å². The summed E-state index contributed by atoms with van der Waals surface area (Å²) in [6.45, 7) is 20.8. The highest BCUT2D eigenvalue weighted by atomic mass is 15.1. The minimum atomic E-state index is 0.414. The van der Waals surface area contributed by atoms with Gasteiger partial charge >= 0.3 is 0 Å². The molecule has 1 atom stereocenters. The monoisotopic (exact) mass is 457 g/mol. The van der Waals surface area contributed by atoms with Crippen molar-refractivity contribution >= 4 is 16.5 Å². The van der Waals surface area contributed by atoms with Crippen LogP contribution in [0.2, 0.25) is 0 Å². The van der Waals surface area contributed by atoms with E-state index >= 15 is 0 Å². The van der Waals surface area contributed by atoms with Crippen molar-refractivity contribution in [1.82, 2.24) is 9.88 Å². The molecule has 1 aromatic heterocycles. The third kappa shape index (κ3) is 5.73. The summed E-state index contributed by atoms with van der Waals surface area (Å²) in [5, 5.41) is 10.2. The fourth-order valence-corrected chi connectivity index (χ4v) is 5.18. The Bertz CT molecular complexity index is 1100. The molecule has 0 bridgehead atoms. The Kier molecular flexibility index (Phi) is 8.97. The van der Waals surface area contributed by atoms with Crippen LogP contribution in [0.25, 0.3) is 16.5 Å². The molecular weight excluding hydrogens is 414 g/mol. The molecule has 34 heavy (non-hydrogen) atoms. The van der Waals surface area contributed by atoms with E-state index in [0.29, 0.717) is 24.2 Å². The van der Waals surface area contributed by atoms with E-state index in [1.807, 2.05) is 6.08 Å². The van der Waals surface area contributed by atoms with Gasteiger partial charge in [0.1, 0.15) is 0 Å². The second-order valence-corrected chi connectivity index (χ2v) is 10.4. The molecule has 0 spiro atoms. The maximum Gasteiger partial charge on any atom is 0.0635 e. The third-order valence-electron chi connectivity index (χ3n) is 7.80. The van der Waals surface area contributed by atoms with Crippen LogP contribution in [0.4, 0.5) is 0 Å². The van der Waals surface area contributed by atoms with Crippen molar-refractivity contribution in [1.29, 1.82) is 5.26 Å². The average molecular weight is 458 g/mol. The zero-order valence-corrected chi connectivity index (χ0v) is 22.2. The Balaban J connectivity index is 2.02. The number of likely N-dealkylation sites (tertiary alicyclic amines) is 1. The fourth-order valence-electron chi connectivity index (χ4n) is 5.18. The van der Waals surface area contributed by atoms with Gasteiger partial charge in [-0.1, -0.05) is 58.1 Å². The summed E-state index contributed by atoms with van der Waals surface area (Å²) in [5.41, 5.74) is 9.22. The van der Waals surface area contributed by atoms with E-state index in [-0.39, 0.29) is 0 Å². The van der Waals surface area contributed by atoms with E-state index < -0.39 is 0 Å². The van der Waals surface area contributed by atoms with Gasteiger partial charge in [-0.3, -0.25) is 0 Å². The van der Waals surface area contributed by atoms with Crippen molar-refractivity contribution in [2.45, 2.75) is 79.1 Å². The van der Waals surface area contributed by atoms with E-state index in [1.165, 1.54) is 57.3 Å². The average Bonchev–Trinajstić information content (AvgIpc) is 3.23. The van der Waals surface area contributed by atoms with Crippen molar-refractivity contribution in [3.8, 4) is 6.07 Å². The van der Waals surface area contributed by atoms with Gasteiger partial charge in [-0.05, 0) is 92.8 Å². The number of hydrogen-bond donors (Lipinski definition) is 1. The lowest BCUT2D eigenvalue weighted by molar-refractivity contribution is 0.216. The molecule has 1 aromatic carbocycles. The van der Waals surface area contributed by atoms with Crippen LogP contribution in [0.15, 0.2) is 48.1 Å². The van der Waals surface area contributed by atoms with Gasteiger partial charge in [0, 0.05) is 29.4 Å². The first kappa shape index (κ1) is 26.0. The SMILES string of the molecule is C=C/C(C)=C(\C=C(\C)C(C)CC)c1[nH]c2ccc(C3CCN(CCC#N)CC3)cc2c1C(C)C. The Morgan fingerprint density at radius 3 is 2.53 bits per heavy atom. The van der Waals surface area contributed by atoms with Crippen molar-refractivity contribution in [3.05, 3.63) is 64.9 Å². The highest BCUT2D eigenvalue weighted by Gasteiger charge is 2.23. The number of H-pyrrole nitrogens is 1. The number of aromatic amines is 1. The lowest BCUT2D eigenvalue weighted by atomic mass is 9.87. The highest BCUT2D eigenvalue weighted by molar-refractivity contribution is 5.93. The van der Waals surface area contributed by atoms with Crippen LogP contribution >= 0.6 is 0 Å². The number of nitrogens with zero attached hydrogens (tertiary/aromatic N) is 2. The molecule has 3 heteroatoms. The maximum atomic E-state index is 8.89. The quantitative estimate of drug-likeness (QED) is 0.384. The smallest absolute Gasteiger partial charge is 0.0635 e. The zero-order chi connectivity index (χ0) is 24.8. The van der Waals surface area contributed by atoms with Gasteiger partial charge in [-0.25, -0.2) is 0 Å². The first-order chi connectivity index (χ1) is 16.3. The van der Waals surface area contributed by atoms with Crippen LogP contribution < -0.4 is 0 Å². The largest absolute Gasteiger partial charge is 0.354 e. The van der Waals surface area contributed by atoms with E-state index in [9.17, 15) is 0 Å². The molecule has 1 fully saturated rings. The lowest BCUT2D eigenvalue weighted by Gasteiger charge is -2.31. The minimum absolute atomic E-state index is 0.414. The molecule has 3 nitrogen and oxygen atoms in total. The molecule has 0 radical (unpaired) electrons. The number of allylic oxidation sites excluding steroid dienone is 5. The van der Waals surface area contributed by atoms with Gasteiger partial charge in [0.2, 0.25) is 0 Å². The van der Waals surface area contributed by atoms with Crippen LogP contribution in [-0.2, 0) is 0 Å². The van der Waals surface area contributed by atoms with Crippen LogP contribution in [0.3, 0.4) is 0 Å². The van der Waals surface area contributed by atoms with Crippen LogP contribution in [0.5, 0.6) is 0 Å². The molecule has 1 unspecified atom stereocenters. The first-order valence-electron chi connectivity index (χ1n) is 13.1. The predicted molar refractivity (Wildman–Crippen MR) is 147 cm³/mol. The number of nitrogens with one attached hydrogen (secondary N) is 1. The second kappa shape index (κ2) is 11.7. The third-order valence-corrected chi connectivity index (χ3v) is 7.80. The number of benzene rings is 1. The van der Waals surface area contributed by atoms with Gasteiger partial charge in [-0.2, -0.15) is 5.26 Å². The Morgan fingerprint density at radius 2 is 1.94 bits per heavy atom. The number of rotatable bonds is 9. The molecule has 0 amide bonds. The van der Waals surface area contributed by atoms with Crippen molar-refractivity contribution < 1.29 is 0 Å². The second-order valence-electron chi connectivity index (χ2n) is 10.4. The van der Waals surface area contributed by atoms with Crippen molar-refractivity contribution in [2.75, 3.05) is 19.6 Å². The summed E-state index contributed by atoms with van der Waals surface area (Å²) >= 11 is 0. The topological polar surface area (TPSA) is 42.8 Å². The van der Waals surface area contributed by atoms with E-state index in [0.717, 1.165) is 26.1 Å². The minimum Gasteiger partial charge on any atom is -0.354 e. The Morgan fingerprint density at radius 1 is 1.24 bits per heavy atom. The van der Waals surface area contributed by atoms with Crippen LogP contribution in [0.1, 0.15) is 95.9 Å². The van der Waals surface area contributed by atoms with E-state index in [1.54, 1.807) is 0 Å². The summed E-state index contributed by atoms with van der Waals surface area (Å²) in [6.07, 6.45) is 8.47. The zero-order valence-electron chi connectivity index (χ0n) is 22.2. The molecular formula is C31H43N3. The maximum absolute atomic E-state index is 8.89. The molecule has 3 rings (SSSR count). The first-order valence-corrected chi connectivity index (χ1v) is 13.1. The summed E-state index contributed by atoms with van der Waals surface area (Å²) < 4.78 is 0.